The van der Waals surface area contributed by atoms with Crippen LogP contribution >= 0.6 is 0 Å². The minimum Gasteiger partial charge on any atom is -0.496 e. The molecular formula is C15H18FNO4. The van der Waals surface area contributed by atoms with Crippen LogP contribution in [0.25, 0.3) is 0 Å². The first kappa shape index (κ1) is 15.3. The molecule has 1 fully saturated rings. The second-order valence-corrected chi connectivity index (χ2v) is 5.07. The molecule has 1 aromatic rings. The Morgan fingerprint density at radius 2 is 2.19 bits per heavy atom. The number of hydrogen-bond acceptors (Lipinski definition) is 3. The molecule has 0 aromatic heterocycles. The van der Waals surface area contributed by atoms with Crippen molar-refractivity contribution in [2.24, 2.45) is 0 Å². The second-order valence-electron chi connectivity index (χ2n) is 5.07. The Labute approximate surface area is 122 Å². The number of piperidine rings is 1. The smallest absolute Gasteiger partial charge is 0.326 e. The lowest BCUT2D eigenvalue weighted by Gasteiger charge is -2.33. The third-order valence-corrected chi connectivity index (χ3v) is 3.69. The number of ether oxygens (including phenoxy) is 1. The van der Waals surface area contributed by atoms with Gasteiger partial charge in [0.1, 0.15) is 17.6 Å². The minimum atomic E-state index is -0.991. The first-order valence-electron chi connectivity index (χ1n) is 6.87. The Morgan fingerprint density at radius 1 is 1.43 bits per heavy atom. The second kappa shape index (κ2) is 6.56. The molecule has 2 rings (SSSR count). The number of nitrogens with zero attached hydrogens (tertiary/aromatic N) is 1. The standard InChI is InChI=1S/C15H18FNO4/c1-21-13-6-5-11(16)8-10(13)9-14(18)17-7-3-2-4-12(17)15(19)20/h5-6,8,12H,2-4,7,9H2,1H3,(H,19,20)/t12-/m1/s1. The average Bonchev–Trinajstić information content (AvgIpc) is 2.47. The van der Waals surface area contributed by atoms with Crippen LogP contribution in [0.15, 0.2) is 18.2 Å². The SMILES string of the molecule is COc1ccc(F)cc1CC(=O)N1CCCC[C@@H]1C(=O)O. The maximum Gasteiger partial charge on any atom is 0.326 e. The summed E-state index contributed by atoms with van der Waals surface area (Å²) >= 11 is 0. The van der Waals surface area contributed by atoms with Crippen molar-refractivity contribution < 1.29 is 23.8 Å². The zero-order chi connectivity index (χ0) is 15.4. The molecule has 114 valence electrons. The van der Waals surface area contributed by atoms with E-state index in [1.807, 2.05) is 0 Å². The molecule has 1 N–H and O–H groups in total. The van der Waals surface area contributed by atoms with E-state index in [0.717, 1.165) is 12.8 Å². The monoisotopic (exact) mass is 295 g/mol. The summed E-state index contributed by atoms with van der Waals surface area (Å²) in [5.74, 6) is -1.33. The predicted molar refractivity (Wildman–Crippen MR) is 73.6 cm³/mol. The van der Waals surface area contributed by atoms with Crippen molar-refractivity contribution in [2.45, 2.75) is 31.7 Å². The van der Waals surface area contributed by atoms with Gasteiger partial charge in [-0.2, -0.15) is 0 Å². The summed E-state index contributed by atoms with van der Waals surface area (Å²) in [6.45, 7) is 0.424. The van der Waals surface area contributed by atoms with Crippen molar-refractivity contribution in [3.8, 4) is 5.75 Å². The number of amides is 1. The van der Waals surface area contributed by atoms with Crippen molar-refractivity contribution in [1.29, 1.82) is 0 Å². The average molecular weight is 295 g/mol. The van der Waals surface area contributed by atoms with Gasteiger partial charge in [-0.3, -0.25) is 4.79 Å². The van der Waals surface area contributed by atoms with E-state index < -0.39 is 17.8 Å². The highest BCUT2D eigenvalue weighted by Crippen LogP contribution is 2.23. The molecule has 1 aliphatic heterocycles. The maximum atomic E-state index is 13.3. The molecule has 6 heteroatoms. The normalized spacial score (nSPS) is 18.4. The number of carboxylic acid groups (broad SMARTS) is 1. The Balaban J connectivity index is 2.16. The summed E-state index contributed by atoms with van der Waals surface area (Å²) in [5.41, 5.74) is 0.428. The van der Waals surface area contributed by atoms with Gasteiger partial charge >= 0.3 is 5.97 Å². The van der Waals surface area contributed by atoms with Crippen LogP contribution in [0.4, 0.5) is 4.39 Å². The first-order valence-corrected chi connectivity index (χ1v) is 6.87. The summed E-state index contributed by atoms with van der Waals surface area (Å²) in [4.78, 5) is 24.9. The third kappa shape index (κ3) is 3.51. The third-order valence-electron chi connectivity index (χ3n) is 3.69. The summed E-state index contributed by atoms with van der Waals surface area (Å²) in [6, 6.07) is 3.18. The molecule has 0 radical (unpaired) electrons. The van der Waals surface area contributed by atoms with Crippen LogP contribution in [0.3, 0.4) is 0 Å². The number of halogens is 1. The fraction of sp³-hybridized carbons (Fsp3) is 0.467. The van der Waals surface area contributed by atoms with Crippen molar-refractivity contribution in [1.82, 2.24) is 4.90 Å². The Bertz CT molecular complexity index is 546. The predicted octanol–water partition coefficient (Wildman–Crippen LogP) is 1.84. The zero-order valence-electron chi connectivity index (χ0n) is 11.8. The first-order chi connectivity index (χ1) is 10.0. The molecule has 1 aliphatic rings. The van der Waals surface area contributed by atoms with Crippen molar-refractivity contribution in [2.75, 3.05) is 13.7 Å². The van der Waals surface area contributed by atoms with Crippen LogP contribution in [-0.4, -0.2) is 41.6 Å². The number of carbonyl (C=O) groups excluding carboxylic acids is 1. The Hall–Kier alpha value is -2.11. The molecule has 1 aromatic carbocycles. The molecule has 1 heterocycles. The van der Waals surface area contributed by atoms with E-state index in [9.17, 15) is 19.1 Å². The van der Waals surface area contributed by atoms with Crippen LogP contribution < -0.4 is 4.74 Å². The highest BCUT2D eigenvalue weighted by Gasteiger charge is 2.32. The Morgan fingerprint density at radius 3 is 2.86 bits per heavy atom. The summed E-state index contributed by atoms with van der Waals surface area (Å²) in [7, 11) is 1.45. The van der Waals surface area contributed by atoms with Gasteiger partial charge < -0.3 is 14.7 Å². The number of methoxy groups -OCH3 is 1. The molecule has 21 heavy (non-hydrogen) atoms. The van der Waals surface area contributed by atoms with Crippen LogP contribution in [0.2, 0.25) is 0 Å². The molecule has 0 saturated carbocycles. The molecule has 0 unspecified atom stereocenters. The topological polar surface area (TPSA) is 66.8 Å². The van der Waals surface area contributed by atoms with Gasteiger partial charge in [-0.05, 0) is 37.5 Å². The lowest BCUT2D eigenvalue weighted by Crippen LogP contribution is -2.48. The van der Waals surface area contributed by atoms with Gasteiger partial charge in [0, 0.05) is 12.1 Å². The fourth-order valence-electron chi connectivity index (χ4n) is 2.64. The number of likely N-dealkylation sites (tertiary alicyclic amines) is 1. The number of carbonyl (C=O) groups is 2. The number of aliphatic carboxylic acids is 1. The minimum absolute atomic E-state index is 0.0648. The van der Waals surface area contributed by atoms with Gasteiger partial charge in [0.15, 0.2) is 0 Å². The van der Waals surface area contributed by atoms with Gasteiger partial charge in [0.25, 0.3) is 0 Å². The van der Waals surface area contributed by atoms with Crippen LogP contribution in [0, 0.1) is 5.82 Å². The molecular weight excluding hydrogens is 277 g/mol. The van der Waals surface area contributed by atoms with E-state index in [2.05, 4.69) is 0 Å². The fourth-order valence-corrected chi connectivity index (χ4v) is 2.64. The number of rotatable bonds is 4. The van der Waals surface area contributed by atoms with Crippen LogP contribution in [0.5, 0.6) is 5.75 Å². The van der Waals surface area contributed by atoms with Crippen molar-refractivity contribution in [3.63, 3.8) is 0 Å². The van der Waals surface area contributed by atoms with Crippen LogP contribution in [-0.2, 0) is 16.0 Å². The van der Waals surface area contributed by atoms with E-state index in [1.54, 1.807) is 0 Å². The molecule has 0 bridgehead atoms. The van der Waals surface area contributed by atoms with Gasteiger partial charge in [-0.15, -0.1) is 0 Å². The molecule has 1 amide bonds. The summed E-state index contributed by atoms with van der Waals surface area (Å²) < 4.78 is 18.4. The van der Waals surface area contributed by atoms with E-state index in [4.69, 9.17) is 4.74 Å². The highest BCUT2D eigenvalue weighted by molar-refractivity contribution is 5.85. The number of hydrogen-bond donors (Lipinski definition) is 1. The van der Waals surface area contributed by atoms with Gasteiger partial charge in [0.05, 0.1) is 13.5 Å². The maximum absolute atomic E-state index is 13.3. The highest BCUT2D eigenvalue weighted by atomic mass is 19.1. The van der Waals surface area contributed by atoms with Gasteiger partial charge in [-0.25, -0.2) is 9.18 Å². The molecule has 0 aliphatic carbocycles. The lowest BCUT2D eigenvalue weighted by molar-refractivity contribution is -0.151. The largest absolute Gasteiger partial charge is 0.496 e. The number of carboxylic acids is 1. The Kier molecular flexibility index (Phi) is 4.77. The summed E-state index contributed by atoms with van der Waals surface area (Å²) in [5, 5.41) is 9.19. The summed E-state index contributed by atoms with van der Waals surface area (Å²) in [6.07, 6.45) is 1.98. The molecule has 1 saturated heterocycles. The van der Waals surface area contributed by atoms with Crippen LogP contribution in [0.1, 0.15) is 24.8 Å². The zero-order valence-corrected chi connectivity index (χ0v) is 11.8. The quantitative estimate of drug-likeness (QED) is 0.920. The van der Waals surface area contributed by atoms with E-state index >= 15 is 0 Å². The van der Waals surface area contributed by atoms with Crippen molar-refractivity contribution in [3.05, 3.63) is 29.6 Å². The van der Waals surface area contributed by atoms with E-state index in [-0.39, 0.29) is 12.3 Å². The molecule has 1 atom stereocenters. The number of benzene rings is 1. The van der Waals surface area contributed by atoms with Gasteiger partial charge in [0.2, 0.25) is 5.91 Å². The van der Waals surface area contributed by atoms with E-state index in [1.165, 1.54) is 30.2 Å². The van der Waals surface area contributed by atoms with Crippen molar-refractivity contribution >= 4 is 11.9 Å². The lowest BCUT2D eigenvalue weighted by atomic mass is 10.0. The molecule has 5 nitrogen and oxygen atoms in total. The van der Waals surface area contributed by atoms with Gasteiger partial charge in [-0.1, -0.05) is 0 Å². The molecule has 0 spiro atoms. The van der Waals surface area contributed by atoms with E-state index in [0.29, 0.717) is 24.3 Å².